The van der Waals surface area contributed by atoms with Crippen LogP contribution in [-0.4, -0.2) is 45.2 Å². The molecule has 94 valence electrons. The average molecular weight is 250 g/mol. The molecule has 7 heteroatoms. The fourth-order valence-corrected chi connectivity index (χ4v) is 2.21. The number of hydrogen-bond acceptors (Lipinski definition) is 5. The van der Waals surface area contributed by atoms with E-state index >= 15 is 0 Å². The zero-order chi connectivity index (χ0) is 12.9. The first-order chi connectivity index (χ1) is 7.21. The van der Waals surface area contributed by atoms with E-state index in [1.165, 1.54) is 0 Å². The van der Waals surface area contributed by atoms with E-state index < -0.39 is 23.5 Å². The minimum Gasteiger partial charge on any atom is -0.480 e. The average Bonchev–Trinajstić information content (AvgIpc) is 2.16. The Morgan fingerprint density at radius 3 is 2.19 bits per heavy atom. The Morgan fingerprint density at radius 1 is 1.38 bits per heavy atom. The summed E-state index contributed by atoms with van der Waals surface area (Å²) in [6.45, 7) is 3.43. The van der Waals surface area contributed by atoms with E-state index in [2.05, 4.69) is 0 Å². The van der Waals surface area contributed by atoms with Crippen LogP contribution in [0.25, 0.3) is 0 Å². The highest BCUT2D eigenvalue weighted by atomic mass is 32.2. The van der Waals surface area contributed by atoms with E-state index in [0.29, 0.717) is 0 Å². The molecular formula is C9H18N2O4S. The molecule has 0 aliphatic heterocycles. The van der Waals surface area contributed by atoms with Crippen LogP contribution in [-0.2, 0) is 9.59 Å². The molecule has 6 nitrogen and oxygen atoms in total. The topological polar surface area (TPSA) is 127 Å². The van der Waals surface area contributed by atoms with Crippen LogP contribution in [0.4, 0.5) is 0 Å². The van der Waals surface area contributed by atoms with Gasteiger partial charge in [0, 0.05) is 11.5 Å². The molecule has 6 N–H and O–H groups in total. The Bertz CT molecular complexity index is 272. The SMILES string of the molecule is CC(C)[C@](N)(CSCC(N)C(=O)O)C(=O)O. The van der Waals surface area contributed by atoms with E-state index in [0.717, 1.165) is 11.8 Å². The molecule has 0 aromatic rings. The standard InChI is InChI=1S/C9H18N2O4S/c1-5(2)9(11,8(14)15)4-16-3-6(10)7(12)13/h5-6H,3-4,10-11H2,1-2H3,(H,12,13)(H,14,15)/t6?,9-/m1/s1. The Balaban J connectivity index is 4.25. The van der Waals surface area contributed by atoms with Crippen LogP contribution in [0.15, 0.2) is 0 Å². The fourth-order valence-electron chi connectivity index (χ4n) is 0.901. The van der Waals surface area contributed by atoms with E-state index in [4.69, 9.17) is 21.7 Å². The molecule has 0 saturated heterocycles. The first kappa shape index (κ1) is 15.2. The molecule has 0 aromatic carbocycles. The van der Waals surface area contributed by atoms with Crippen molar-refractivity contribution in [3.8, 4) is 0 Å². The zero-order valence-corrected chi connectivity index (χ0v) is 10.2. The summed E-state index contributed by atoms with van der Waals surface area (Å²) in [4.78, 5) is 21.4. The number of carboxylic acid groups (broad SMARTS) is 2. The number of nitrogens with two attached hydrogens (primary N) is 2. The lowest BCUT2D eigenvalue weighted by Gasteiger charge is -2.28. The molecule has 0 aromatic heterocycles. The van der Waals surface area contributed by atoms with E-state index in [9.17, 15) is 9.59 Å². The molecule has 0 heterocycles. The number of hydrogen-bond donors (Lipinski definition) is 4. The lowest BCUT2D eigenvalue weighted by Crippen LogP contribution is -2.55. The molecule has 0 aliphatic rings. The van der Waals surface area contributed by atoms with Crippen molar-refractivity contribution >= 4 is 23.7 Å². The van der Waals surface area contributed by atoms with Gasteiger partial charge in [0.05, 0.1) is 0 Å². The smallest absolute Gasteiger partial charge is 0.324 e. The van der Waals surface area contributed by atoms with Crippen LogP contribution >= 0.6 is 11.8 Å². The Kier molecular flexibility index (Phi) is 5.77. The van der Waals surface area contributed by atoms with Crippen molar-refractivity contribution < 1.29 is 19.8 Å². The molecule has 0 spiro atoms. The summed E-state index contributed by atoms with van der Waals surface area (Å²) >= 11 is 1.14. The summed E-state index contributed by atoms with van der Waals surface area (Å²) < 4.78 is 0. The van der Waals surface area contributed by atoms with Gasteiger partial charge in [-0.2, -0.15) is 11.8 Å². The normalized spacial score (nSPS) is 16.8. The summed E-state index contributed by atoms with van der Waals surface area (Å²) in [6, 6.07) is -0.991. The van der Waals surface area contributed by atoms with Gasteiger partial charge in [0.1, 0.15) is 11.6 Å². The van der Waals surface area contributed by atoms with Crippen molar-refractivity contribution in [2.24, 2.45) is 17.4 Å². The molecule has 2 atom stereocenters. The van der Waals surface area contributed by atoms with Gasteiger partial charge >= 0.3 is 11.9 Å². The van der Waals surface area contributed by atoms with Crippen molar-refractivity contribution in [1.29, 1.82) is 0 Å². The Hall–Kier alpha value is -0.790. The summed E-state index contributed by atoms with van der Waals surface area (Å²) in [7, 11) is 0. The monoisotopic (exact) mass is 250 g/mol. The summed E-state index contributed by atoms with van der Waals surface area (Å²) in [5, 5.41) is 17.5. The highest BCUT2D eigenvalue weighted by Crippen LogP contribution is 2.20. The third-order valence-corrected chi connectivity index (χ3v) is 3.66. The van der Waals surface area contributed by atoms with Crippen molar-refractivity contribution in [1.82, 2.24) is 0 Å². The van der Waals surface area contributed by atoms with Crippen molar-refractivity contribution in [2.75, 3.05) is 11.5 Å². The number of thioether (sulfide) groups is 1. The Morgan fingerprint density at radius 2 is 1.88 bits per heavy atom. The second kappa shape index (κ2) is 6.07. The maximum absolute atomic E-state index is 11.0. The van der Waals surface area contributed by atoms with Crippen molar-refractivity contribution in [3.05, 3.63) is 0 Å². The van der Waals surface area contributed by atoms with Crippen LogP contribution in [0.1, 0.15) is 13.8 Å². The van der Waals surface area contributed by atoms with Crippen LogP contribution in [0.5, 0.6) is 0 Å². The zero-order valence-electron chi connectivity index (χ0n) is 9.34. The molecule has 16 heavy (non-hydrogen) atoms. The molecule has 1 unspecified atom stereocenters. The van der Waals surface area contributed by atoms with Gasteiger partial charge < -0.3 is 21.7 Å². The first-order valence-electron chi connectivity index (χ1n) is 4.80. The fraction of sp³-hybridized carbons (Fsp3) is 0.778. The summed E-state index contributed by atoms with van der Waals surface area (Å²) in [5.74, 6) is -2.14. The number of carbonyl (C=O) groups is 2. The predicted molar refractivity (Wildman–Crippen MR) is 62.3 cm³/mol. The van der Waals surface area contributed by atoms with Gasteiger partial charge in [-0.15, -0.1) is 0 Å². The van der Waals surface area contributed by atoms with Crippen LogP contribution in [0, 0.1) is 5.92 Å². The highest BCUT2D eigenvalue weighted by molar-refractivity contribution is 7.99. The molecule has 0 radical (unpaired) electrons. The minimum atomic E-state index is -1.34. The highest BCUT2D eigenvalue weighted by Gasteiger charge is 2.37. The van der Waals surface area contributed by atoms with Gasteiger partial charge in [0.2, 0.25) is 0 Å². The van der Waals surface area contributed by atoms with Gasteiger partial charge in [0.25, 0.3) is 0 Å². The molecule has 0 fully saturated rings. The van der Waals surface area contributed by atoms with Crippen LogP contribution in [0.2, 0.25) is 0 Å². The quantitative estimate of drug-likeness (QED) is 0.483. The molecule has 0 saturated carbocycles. The van der Waals surface area contributed by atoms with Crippen LogP contribution < -0.4 is 11.5 Å². The van der Waals surface area contributed by atoms with Crippen molar-refractivity contribution in [3.63, 3.8) is 0 Å². The van der Waals surface area contributed by atoms with Crippen molar-refractivity contribution in [2.45, 2.75) is 25.4 Å². The second-order valence-electron chi connectivity index (χ2n) is 3.96. The van der Waals surface area contributed by atoms with Gasteiger partial charge in [0.15, 0.2) is 0 Å². The molecular weight excluding hydrogens is 232 g/mol. The van der Waals surface area contributed by atoms with Gasteiger partial charge in [-0.3, -0.25) is 9.59 Å². The third-order valence-electron chi connectivity index (χ3n) is 2.38. The first-order valence-corrected chi connectivity index (χ1v) is 5.95. The number of aliphatic carboxylic acids is 2. The summed E-state index contributed by atoms with van der Waals surface area (Å²) in [6.07, 6.45) is 0. The lowest BCUT2D eigenvalue weighted by atomic mass is 9.90. The van der Waals surface area contributed by atoms with Gasteiger partial charge in [-0.25, -0.2) is 0 Å². The predicted octanol–water partition coefficient (Wildman–Crippen LogP) is -0.430. The molecule has 0 amide bonds. The minimum absolute atomic E-state index is 0.140. The maximum Gasteiger partial charge on any atom is 0.324 e. The number of carboxylic acids is 2. The Labute approximate surface area is 98.4 Å². The summed E-state index contributed by atoms with van der Waals surface area (Å²) in [5.41, 5.74) is 9.68. The molecule has 0 bridgehead atoms. The maximum atomic E-state index is 11.0. The van der Waals surface area contributed by atoms with Gasteiger partial charge in [-0.05, 0) is 5.92 Å². The lowest BCUT2D eigenvalue weighted by molar-refractivity contribution is -0.144. The third kappa shape index (κ3) is 3.99. The number of rotatable bonds is 7. The molecule has 0 rings (SSSR count). The molecule has 0 aliphatic carbocycles. The van der Waals surface area contributed by atoms with E-state index in [-0.39, 0.29) is 17.4 Å². The van der Waals surface area contributed by atoms with Crippen LogP contribution in [0.3, 0.4) is 0 Å². The van der Waals surface area contributed by atoms with Gasteiger partial charge in [-0.1, -0.05) is 13.8 Å². The van der Waals surface area contributed by atoms with E-state index in [1.54, 1.807) is 13.8 Å². The second-order valence-corrected chi connectivity index (χ2v) is 4.99. The van der Waals surface area contributed by atoms with E-state index in [1.807, 2.05) is 0 Å². The largest absolute Gasteiger partial charge is 0.480 e.